The number of halogens is 1. The molecule has 1 aromatic carbocycles. The summed E-state index contributed by atoms with van der Waals surface area (Å²) in [5, 5.41) is 9.96. The summed E-state index contributed by atoms with van der Waals surface area (Å²) in [6.07, 6.45) is 2.40. The lowest BCUT2D eigenvalue weighted by Crippen LogP contribution is -1.82. The van der Waals surface area contributed by atoms with Gasteiger partial charge in [0.1, 0.15) is 0 Å². The summed E-state index contributed by atoms with van der Waals surface area (Å²) in [4.78, 5) is 9.48. The monoisotopic (exact) mass is 275 g/mol. The van der Waals surface area contributed by atoms with E-state index in [0.717, 1.165) is 15.3 Å². The van der Waals surface area contributed by atoms with Crippen molar-refractivity contribution in [2.45, 2.75) is 0 Å². The van der Waals surface area contributed by atoms with Gasteiger partial charge in [-0.2, -0.15) is 0 Å². The van der Waals surface area contributed by atoms with Gasteiger partial charge in [0.25, 0.3) is 0 Å². The lowest BCUT2D eigenvalue weighted by Gasteiger charge is -1.90. The molecule has 0 heterocycles. The topological polar surface area (TPSA) is 43.1 Å². The molecule has 0 atom stereocenters. The van der Waals surface area contributed by atoms with E-state index in [1.807, 2.05) is 24.3 Å². The first-order valence-electron chi connectivity index (χ1n) is 3.26. The molecule has 0 aromatic heterocycles. The van der Waals surface area contributed by atoms with Crippen LogP contribution in [0.4, 0.5) is 0 Å². The molecule has 0 N–H and O–H groups in total. The van der Waals surface area contributed by atoms with Gasteiger partial charge in [0.2, 0.25) is 6.20 Å². The minimum atomic E-state index is -0.474. The number of nitro groups is 1. The number of hydrogen-bond acceptors (Lipinski definition) is 2. The van der Waals surface area contributed by atoms with Crippen LogP contribution < -0.4 is 0 Å². The predicted molar refractivity (Wildman–Crippen MR) is 55.2 cm³/mol. The van der Waals surface area contributed by atoms with E-state index in [9.17, 15) is 10.1 Å². The zero-order valence-corrected chi connectivity index (χ0v) is 8.26. The van der Waals surface area contributed by atoms with Crippen molar-refractivity contribution in [1.82, 2.24) is 0 Å². The van der Waals surface area contributed by atoms with Crippen LogP contribution in [-0.4, -0.2) is 4.92 Å². The number of hydrogen-bond donors (Lipinski definition) is 0. The molecule has 0 fully saturated rings. The molecule has 0 aliphatic heterocycles. The Labute approximate surface area is 83.4 Å². The third-order valence-electron chi connectivity index (χ3n) is 1.26. The Morgan fingerprint density at radius 2 is 1.92 bits per heavy atom. The highest BCUT2D eigenvalue weighted by Crippen LogP contribution is 2.07. The molecule has 0 saturated carbocycles. The maximum absolute atomic E-state index is 9.96. The average Bonchev–Trinajstić information content (AvgIpc) is 2.03. The number of rotatable bonds is 2. The Kier molecular flexibility index (Phi) is 3.21. The molecule has 0 saturated heterocycles. The van der Waals surface area contributed by atoms with Gasteiger partial charge >= 0.3 is 0 Å². The predicted octanol–water partition coefficient (Wildman–Crippen LogP) is 2.54. The summed E-state index contributed by atoms with van der Waals surface area (Å²) in [6, 6.07) is 7.48. The molecule has 1 aromatic rings. The summed E-state index contributed by atoms with van der Waals surface area (Å²) in [5.74, 6) is 0. The van der Waals surface area contributed by atoms with E-state index in [4.69, 9.17) is 0 Å². The fraction of sp³-hybridized carbons (Fsp3) is 0. The van der Waals surface area contributed by atoms with Crippen LogP contribution in [-0.2, 0) is 0 Å². The van der Waals surface area contributed by atoms with Crippen molar-refractivity contribution < 1.29 is 4.92 Å². The summed E-state index contributed by atoms with van der Waals surface area (Å²) in [5.41, 5.74) is 0.840. The molecule has 1 rings (SSSR count). The van der Waals surface area contributed by atoms with Crippen molar-refractivity contribution >= 4 is 28.7 Å². The average molecular weight is 275 g/mol. The van der Waals surface area contributed by atoms with Crippen LogP contribution in [0.15, 0.2) is 30.5 Å². The van der Waals surface area contributed by atoms with E-state index in [1.54, 1.807) is 0 Å². The fourth-order valence-electron chi connectivity index (χ4n) is 0.721. The Balaban J connectivity index is 2.77. The molecule has 3 nitrogen and oxygen atoms in total. The van der Waals surface area contributed by atoms with Crippen molar-refractivity contribution in [2.24, 2.45) is 0 Å². The van der Waals surface area contributed by atoms with Crippen molar-refractivity contribution in [3.8, 4) is 0 Å². The second-order valence-corrected chi connectivity index (χ2v) is 3.40. The fourth-order valence-corrected chi connectivity index (χ4v) is 1.08. The summed E-state index contributed by atoms with van der Waals surface area (Å²) in [7, 11) is 0. The second-order valence-electron chi connectivity index (χ2n) is 2.15. The van der Waals surface area contributed by atoms with Crippen LogP contribution in [0.2, 0.25) is 0 Å². The van der Waals surface area contributed by atoms with Crippen LogP contribution in [0, 0.1) is 13.7 Å². The minimum Gasteiger partial charge on any atom is -0.259 e. The molecular weight excluding hydrogens is 269 g/mol. The van der Waals surface area contributed by atoms with Gasteiger partial charge in [-0.25, -0.2) is 0 Å². The van der Waals surface area contributed by atoms with Crippen LogP contribution >= 0.6 is 22.6 Å². The lowest BCUT2D eigenvalue weighted by molar-refractivity contribution is -0.400. The molecule has 0 spiro atoms. The SMILES string of the molecule is O=[N+]([O-])/C=C/c1ccc(I)cc1. The van der Waals surface area contributed by atoms with Crippen molar-refractivity contribution in [1.29, 1.82) is 0 Å². The summed E-state index contributed by atoms with van der Waals surface area (Å²) in [6.45, 7) is 0. The first kappa shape index (κ1) is 9.18. The second kappa shape index (κ2) is 4.20. The highest BCUT2D eigenvalue weighted by Gasteiger charge is 1.89. The molecule has 4 heteroatoms. The van der Waals surface area contributed by atoms with Crippen LogP contribution in [0.25, 0.3) is 6.08 Å². The zero-order chi connectivity index (χ0) is 8.97. The third-order valence-corrected chi connectivity index (χ3v) is 1.98. The quantitative estimate of drug-likeness (QED) is 0.473. The van der Waals surface area contributed by atoms with Gasteiger partial charge in [0, 0.05) is 9.65 Å². The van der Waals surface area contributed by atoms with Gasteiger partial charge in [-0.3, -0.25) is 10.1 Å². The Hall–Kier alpha value is -0.910. The number of benzene rings is 1. The van der Waals surface area contributed by atoms with E-state index in [1.165, 1.54) is 6.08 Å². The van der Waals surface area contributed by atoms with Gasteiger partial charge < -0.3 is 0 Å². The van der Waals surface area contributed by atoms with Crippen molar-refractivity contribution in [2.75, 3.05) is 0 Å². The first-order valence-corrected chi connectivity index (χ1v) is 4.33. The maximum Gasteiger partial charge on any atom is 0.235 e. The highest BCUT2D eigenvalue weighted by atomic mass is 127. The molecule has 0 radical (unpaired) electrons. The summed E-state index contributed by atoms with van der Waals surface area (Å²) >= 11 is 2.18. The highest BCUT2D eigenvalue weighted by molar-refractivity contribution is 14.1. The van der Waals surface area contributed by atoms with Gasteiger partial charge in [-0.15, -0.1) is 0 Å². The molecule has 0 aliphatic carbocycles. The molecular formula is C8H6INO2. The van der Waals surface area contributed by atoms with E-state index >= 15 is 0 Å². The third kappa shape index (κ3) is 3.00. The first-order chi connectivity index (χ1) is 5.68. The standard InChI is InChI=1S/C8H6INO2/c9-8-3-1-7(2-4-8)5-6-10(11)12/h1-6H/b6-5+. The lowest BCUT2D eigenvalue weighted by atomic mass is 10.2. The molecule has 0 bridgehead atoms. The molecule has 0 aliphatic rings. The van der Waals surface area contributed by atoms with Crippen molar-refractivity contribution in [3.05, 3.63) is 49.7 Å². The van der Waals surface area contributed by atoms with Gasteiger partial charge in [-0.1, -0.05) is 12.1 Å². The van der Waals surface area contributed by atoms with E-state index < -0.39 is 4.92 Å². The van der Waals surface area contributed by atoms with Gasteiger partial charge in [0.05, 0.1) is 4.92 Å². The molecule has 0 unspecified atom stereocenters. The molecule has 12 heavy (non-hydrogen) atoms. The van der Waals surface area contributed by atoms with E-state index in [0.29, 0.717) is 0 Å². The van der Waals surface area contributed by atoms with Crippen LogP contribution in [0.3, 0.4) is 0 Å². The zero-order valence-electron chi connectivity index (χ0n) is 6.11. The Bertz CT molecular complexity index is 305. The smallest absolute Gasteiger partial charge is 0.235 e. The minimum absolute atomic E-state index is 0.474. The van der Waals surface area contributed by atoms with Crippen LogP contribution in [0.5, 0.6) is 0 Å². The van der Waals surface area contributed by atoms with Gasteiger partial charge in [-0.05, 0) is 40.3 Å². The molecule has 0 amide bonds. The van der Waals surface area contributed by atoms with Crippen LogP contribution in [0.1, 0.15) is 5.56 Å². The Morgan fingerprint density at radius 3 is 2.42 bits per heavy atom. The van der Waals surface area contributed by atoms with E-state index in [2.05, 4.69) is 22.6 Å². The van der Waals surface area contributed by atoms with Crippen molar-refractivity contribution in [3.63, 3.8) is 0 Å². The molecule has 62 valence electrons. The largest absolute Gasteiger partial charge is 0.259 e. The summed E-state index contributed by atoms with van der Waals surface area (Å²) < 4.78 is 1.12. The maximum atomic E-state index is 9.96. The van der Waals surface area contributed by atoms with E-state index in [-0.39, 0.29) is 0 Å². The normalized spacial score (nSPS) is 10.4. The Morgan fingerprint density at radius 1 is 1.33 bits per heavy atom. The van der Waals surface area contributed by atoms with Gasteiger partial charge in [0.15, 0.2) is 0 Å². The number of nitrogens with zero attached hydrogens (tertiary/aromatic N) is 1.